The Bertz CT molecular complexity index is 775. The zero-order chi connectivity index (χ0) is 17.7. The molecule has 0 radical (unpaired) electrons. The highest BCUT2D eigenvalue weighted by Gasteiger charge is 2.21. The SMILES string of the molecule is COc1cccc(C(=O)Nc2cc(OC)c(OC)cc2[N+](=O)[O-])c1. The van der Waals surface area contributed by atoms with Crippen LogP contribution in [0.3, 0.4) is 0 Å². The molecule has 0 aliphatic heterocycles. The summed E-state index contributed by atoms with van der Waals surface area (Å²) < 4.78 is 15.2. The minimum Gasteiger partial charge on any atom is -0.497 e. The fourth-order valence-electron chi connectivity index (χ4n) is 2.08. The molecule has 2 rings (SSSR count). The molecule has 126 valence electrons. The number of nitrogens with one attached hydrogen (secondary N) is 1. The summed E-state index contributed by atoms with van der Waals surface area (Å²) in [5.74, 6) is 0.460. The summed E-state index contributed by atoms with van der Waals surface area (Å²) in [5, 5.41) is 13.8. The van der Waals surface area contributed by atoms with Gasteiger partial charge in [0, 0.05) is 11.6 Å². The van der Waals surface area contributed by atoms with Gasteiger partial charge in [-0.05, 0) is 18.2 Å². The zero-order valence-electron chi connectivity index (χ0n) is 13.4. The summed E-state index contributed by atoms with van der Waals surface area (Å²) in [7, 11) is 4.25. The van der Waals surface area contributed by atoms with Gasteiger partial charge in [0.1, 0.15) is 11.4 Å². The molecule has 0 atom stereocenters. The highest BCUT2D eigenvalue weighted by molar-refractivity contribution is 6.05. The normalized spacial score (nSPS) is 9.96. The van der Waals surface area contributed by atoms with Crippen LogP contribution in [-0.4, -0.2) is 32.2 Å². The zero-order valence-corrected chi connectivity index (χ0v) is 13.4. The van der Waals surface area contributed by atoms with Crippen molar-refractivity contribution in [2.24, 2.45) is 0 Å². The van der Waals surface area contributed by atoms with Gasteiger partial charge in [0.05, 0.1) is 32.3 Å². The molecule has 0 aliphatic carbocycles. The highest BCUT2D eigenvalue weighted by atomic mass is 16.6. The Balaban J connectivity index is 2.40. The van der Waals surface area contributed by atoms with E-state index in [0.29, 0.717) is 11.3 Å². The van der Waals surface area contributed by atoms with Crippen molar-refractivity contribution in [1.29, 1.82) is 0 Å². The monoisotopic (exact) mass is 332 g/mol. The molecule has 0 bridgehead atoms. The maximum atomic E-state index is 12.3. The van der Waals surface area contributed by atoms with E-state index in [0.717, 1.165) is 0 Å². The number of carbonyl (C=O) groups is 1. The lowest BCUT2D eigenvalue weighted by Crippen LogP contribution is -2.13. The van der Waals surface area contributed by atoms with Gasteiger partial charge < -0.3 is 19.5 Å². The minimum absolute atomic E-state index is 0.00506. The summed E-state index contributed by atoms with van der Waals surface area (Å²) in [6.07, 6.45) is 0. The number of benzene rings is 2. The van der Waals surface area contributed by atoms with Crippen LogP contribution < -0.4 is 19.5 Å². The molecule has 0 aromatic heterocycles. The second kappa shape index (κ2) is 7.32. The molecule has 0 saturated carbocycles. The summed E-state index contributed by atoms with van der Waals surface area (Å²) in [6.45, 7) is 0. The molecule has 24 heavy (non-hydrogen) atoms. The summed E-state index contributed by atoms with van der Waals surface area (Å²) in [4.78, 5) is 23.0. The third kappa shape index (κ3) is 3.54. The van der Waals surface area contributed by atoms with Crippen LogP contribution in [0.4, 0.5) is 11.4 Å². The second-order valence-corrected chi connectivity index (χ2v) is 4.67. The Labute approximate surface area is 138 Å². The molecule has 1 amide bonds. The van der Waals surface area contributed by atoms with E-state index in [1.807, 2.05) is 0 Å². The molecule has 0 fully saturated rings. The van der Waals surface area contributed by atoms with Gasteiger partial charge in [0.2, 0.25) is 0 Å². The molecule has 8 nitrogen and oxygen atoms in total. The number of nitrogens with zero attached hydrogens (tertiary/aromatic N) is 1. The number of carbonyl (C=O) groups excluding carboxylic acids is 1. The average Bonchev–Trinajstić information content (AvgIpc) is 2.60. The van der Waals surface area contributed by atoms with Crippen molar-refractivity contribution in [3.05, 3.63) is 52.1 Å². The third-order valence-electron chi connectivity index (χ3n) is 3.28. The number of methoxy groups -OCH3 is 3. The van der Waals surface area contributed by atoms with Crippen LogP contribution in [0.5, 0.6) is 17.2 Å². The van der Waals surface area contributed by atoms with E-state index in [-0.39, 0.29) is 22.9 Å². The Morgan fingerprint density at radius 3 is 2.29 bits per heavy atom. The Hall–Kier alpha value is -3.29. The van der Waals surface area contributed by atoms with Gasteiger partial charge in [0.25, 0.3) is 11.6 Å². The second-order valence-electron chi connectivity index (χ2n) is 4.67. The first-order chi connectivity index (χ1) is 11.5. The van der Waals surface area contributed by atoms with Crippen molar-refractivity contribution in [2.75, 3.05) is 26.6 Å². The van der Waals surface area contributed by atoms with Gasteiger partial charge in [-0.2, -0.15) is 0 Å². The van der Waals surface area contributed by atoms with Gasteiger partial charge in [-0.1, -0.05) is 6.07 Å². The van der Waals surface area contributed by atoms with Crippen molar-refractivity contribution in [1.82, 2.24) is 0 Å². The summed E-state index contributed by atoms with van der Waals surface area (Å²) in [6, 6.07) is 8.98. The van der Waals surface area contributed by atoms with Crippen LogP contribution in [0.2, 0.25) is 0 Å². The number of hydrogen-bond acceptors (Lipinski definition) is 6. The van der Waals surface area contributed by atoms with Crippen LogP contribution in [-0.2, 0) is 0 Å². The minimum atomic E-state index is -0.608. The van der Waals surface area contributed by atoms with Crippen LogP contribution in [0, 0.1) is 10.1 Å². The van der Waals surface area contributed by atoms with E-state index < -0.39 is 10.8 Å². The smallest absolute Gasteiger partial charge is 0.296 e. The number of anilines is 1. The summed E-state index contributed by atoms with van der Waals surface area (Å²) >= 11 is 0. The maximum absolute atomic E-state index is 12.3. The average molecular weight is 332 g/mol. The van der Waals surface area contributed by atoms with E-state index in [1.165, 1.54) is 39.5 Å². The number of amides is 1. The lowest BCUT2D eigenvalue weighted by molar-refractivity contribution is -0.384. The van der Waals surface area contributed by atoms with E-state index in [4.69, 9.17) is 14.2 Å². The van der Waals surface area contributed by atoms with Gasteiger partial charge >= 0.3 is 0 Å². The topological polar surface area (TPSA) is 99.9 Å². The molecule has 2 aromatic carbocycles. The summed E-state index contributed by atoms with van der Waals surface area (Å²) in [5.41, 5.74) is 0.00722. The fraction of sp³-hybridized carbons (Fsp3) is 0.188. The van der Waals surface area contributed by atoms with E-state index in [2.05, 4.69) is 5.32 Å². The predicted molar refractivity (Wildman–Crippen MR) is 87.1 cm³/mol. The van der Waals surface area contributed by atoms with Crippen LogP contribution in [0.25, 0.3) is 0 Å². The predicted octanol–water partition coefficient (Wildman–Crippen LogP) is 2.87. The molecule has 8 heteroatoms. The van der Waals surface area contributed by atoms with E-state index in [9.17, 15) is 14.9 Å². The lowest BCUT2D eigenvalue weighted by Gasteiger charge is -2.11. The molecular formula is C16H16N2O6. The van der Waals surface area contributed by atoms with Gasteiger partial charge in [-0.3, -0.25) is 14.9 Å². The highest BCUT2D eigenvalue weighted by Crippen LogP contribution is 2.37. The molecule has 2 aromatic rings. The van der Waals surface area contributed by atoms with Crippen LogP contribution in [0.15, 0.2) is 36.4 Å². The lowest BCUT2D eigenvalue weighted by atomic mass is 10.2. The Morgan fingerprint density at radius 1 is 1.04 bits per heavy atom. The van der Waals surface area contributed by atoms with Gasteiger partial charge in [-0.25, -0.2) is 0 Å². The number of ether oxygens (including phenoxy) is 3. The number of nitro benzene ring substituents is 1. The van der Waals surface area contributed by atoms with Crippen molar-refractivity contribution in [3.8, 4) is 17.2 Å². The van der Waals surface area contributed by atoms with Gasteiger partial charge in [0.15, 0.2) is 11.5 Å². The first-order valence-electron chi connectivity index (χ1n) is 6.86. The van der Waals surface area contributed by atoms with Crippen molar-refractivity contribution >= 4 is 17.3 Å². The van der Waals surface area contributed by atoms with Crippen LogP contribution >= 0.6 is 0 Å². The molecular weight excluding hydrogens is 316 g/mol. The van der Waals surface area contributed by atoms with E-state index in [1.54, 1.807) is 18.2 Å². The molecule has 1 N–H and O–H groups in total. The molecule has 0 aliphatic rings. The Kier molecular flexibility index (Phi) is 5.20. The maximum Gasteiger partial charge on any atom is 0.296 e. The standard InChI is InChI=1S/C16H16N2O6/c1-22-11-6-4-5-10(7-11)16(19)17-12-8-14(23-2)15(24-3)9-13(12)18(20)21/h4-9H,1-3H3,(H,17,19). The first-order valence-corrected chi connectivity index (χ1v) is 6.86. The molecule has 0 saturated heterocycles. The largest absolute Gasteiger partial charge is 0.497 e. The molecule has 0 unspecified atom stereocenters. The fourth-order valence-corrected chi connectivity index (χ4v) is 2.08. The number of nitro groups is 1. The number of rotatable bonds is 6. The van der Waals surface area contributed by atoms with Crippen molar-refractivity contribution in [3.63, 3.8) is 0 Å². The van der Waals surface area contributed by atoms with Crippen molar-refractivity contribution < 1.29 is 23.9 Å². The quantitative estimate of drug-likeness (QED) is 0.645. The van der Waals surface area contributed by atoms with Crippen LogP contribution in [0.1, 0.15) is 10.4 Å². The molecule has 0 spiro atoms. The van der Waals surface area contributed by atoms with Gasteiger partial charge in [-0.15, -0.1) is 0 Å². The third-order valence-corrected chi connectivity index (χ3v) is 3.28. The van der Waals surface area contributed by atoms with Crippen molar-refractivity contribution in [2.45, 2.75) is 0 Å². The molecule has 0 heterocycles. The first kappa shape index (κ1) is 17.1. The van der Waals surface area contributed by atoms with E-state index >= 15 is 0 Å². The Morgan fingerprint density at radius 2 is 1.71 bits per heavy atom. The number of hydrogen-bond donors (Lipinski definition) is 1.